The van der Waals surface area contributed by atoms with Crippen molar-refractivity contribution in [2.45, 2.75) is 76.8 Å². The Morgan fingerprint density at radius 2 is 1.67 bits per heavy atom. The Morgan fingerprint density at radius 3 is 2.33 bits per heavy atom. The fraction of sp³-hybridized carbons (Fsp3) is 0.875. The Kier molecular flexibility index (Phi) is 5.88. The number of hydrogen-bond donors (Lipinski definition) is 2. The molecular weight excluding hydrogens is 268 g/mol. The van der Waals surface area contributed by atoms with Gasteiger partial charge in [-0.25, -0.2) is 9.59 Å². The molecule has 2 aliphatic rings. The fourth-order valence-corrected chi connectivity index (χ4v) is 3.64. The Morgan fingerprint density at radius 1 is 1.05 bits per heavy atom. The Labute approximate surface area is 127 Å². The van der Waals surface area contributed by atoms with Crippen LogP contribution in [0.15, 0.2) is 0 Å². The molecule has 2 fully saturated rings. The summed E-state index contributed by atoms with van der Waals surface area (Å²) in [5, 5.41) is 12.3. The first-order chi connectivity index (χ1) is 10.1. The first kappa shape index (κ1) is 16.1. The minimum absolute atomic E-state index is 0.0856. The van der Waals surface area contributed by atoms with Gasteiger partial charge in [0.1, 0.15) is 6.04 Å². The standard InChI is InChI=1S/C16H28N2O3/c1-12-8-4-3-7-11-18(12)16(21)17-14(15(19)20)13-9-5-2-6-10-13/h12-14H,2-11H2,1H3,(H,17,21)(H,19,20). The van der Waals surface area contributed by atoms with E-state index in [9.17, 15) is 14.7 Å². The van der Waals surface area contributed by atoms with Crippen LogP contribution in [0.25, 0.3) is 0 Å². The predicted molar refractivity (Wildman–Crippen MR) is 81.2 cm³/mol. The highest BCUT2D eigenvalue weighted by Gasteiger charge is 2.33. The lowest BCUT2D eigenvalue weighted by molar-refractivity contribution is -0.141. The van der Waals surface area contributed by atoms with Crippen LogP contribution in [0.5, 0.6) is 0 Å². The highest BCUT2D eigenvalue weighted by Crippen LogP contribution is 2.27. The van der Waals surface area contributed by atoms with Crippen LogP contribution in [0.3, 0.4) is 0 Å². The van der Waals surface area contributed by atoms with Crippen LogP contribution in [0, 0.1) is 5.92 Å². The number of carboxylic acid groups (broad SMARTS) is 1. The third-order valence-corrected chi connectivity index (χ3v) is 4.98. The van der Waals surface area contributed by atoms with Gasteiger partial charge in [-0.3, -0.25) is 0 Å². The monoisotopic (exact) mass is 296 g/mol. The lowest BCUT2D eigenvalue weighted by Crippen LogP contribution is -2.53. The first-order valence-electron chi connectivity index (χ1n) is 8.39. The van der Waals surface area contributed by atoms with Gasteiger partial charge in [-0.2, -0.15) is 0 Å². The molecule has 2 N–H and O–H groups in total. The number of carbonyl (C=O) groups is 2. The van der Waals surface area contributed by atoms with Crippen LogP contribution in [0.2, 0.25) is 0 Å². The summed E-state index contributed by atoms with van der Waals surface area (Å²) >= 11 is 0. The molecule has 1 heterocycles. The Balaban J connectivity index is 1.98. The highest BCUT2D eigenvalue weighted by molar-refractivity contribution is 5.83. The Bertz CT molecular complexity index is 367. The molecule has 5 nitrogen and oxygen atoms in total. The van der Waals surface area contributed by atoms with E-state index in [0.717, 1.165) is 57.9 Å². The zero-order chi connectivity index (χ0) is 15.2. The molecule has 0 bridgehead atoms. The SMILES string of the molecule is CC1CCCCCN1C(=O)NC(C(=O)O)C1CCCCC1. The van der Waals surface area contributed by atoms with Gasteiger partial charge in [0.15, 0.2) is 0 Å². The van der Waals surface area contributed by atoms with E-state index in [0.29, 0.717) is 0 Å². The smallest absolute Gasteiger partial charge is 0.326 e. The van der Waals surface area contributed by atoms with E-state index < -0.39 is 12.0 Å². The van der Waals surface area contributed by atoms with Crippen molar-refractivity contribution in [3.8, 4) is 0 Å². The second-order valence-corrected chi connectivity index (χ2v) is 6.56. The van der Waals surface area contributed by atoms with E-state index in [4.69, 9.17) is 0 Å². The van der Waals surface area contributed by atoms with E-state index in [1.165, 1.54) is 6.42 Å². The van der Waals surface area contributed by atoms with Crippen molar-refractivity contribution in [3.63, 3.8) is 0 Å². The third-order valence-electron chi connectivity index (χ3n) is 4.98. The molecule has 0 spiro atoms. The molecule has 1 saturated heterocycles. The largest absolute Gasteiger partial charge is 0.480 e. The van der Waals surface area contributed by atoms with E-state index >= 15 is 0 Å². The summed E-state index contributed by atoms with van der Waals surface area (Å²) in [6.45, 7) is 2.80. The van der Waals surface area contributed by atoms with E-state index in [1.54, 1.807) is 0 Å². The number of urea groups is 1. The minimum atomic E-state index is -0.891. The van der Waals surface area contributed by atoms with Gasteiger partial charge < -0.3 is 15.3 Å². The summed E-state index contributed by atoms with van der Waals surface area (Å²) in [6, 6.07) is -0.719. The first-order valence-corrected chi connectivity index (χ1v) is 8.39. The molecular formula is C16H28N2O3. The third kappa shape index (κ3) is 4.35. The molecule has 0 aromatic heterocycles. The quantitative estimate of drug-likeness (QED) is 0.841. The van der Waals surface area contributed by atoms with Crippen LogP contribution in [-0.2, 0) is 4.79 Å². The predicted octanol–water partition coefficient (Wildman–Crippen LogP) is 2.99. The van der Waals surface area contributed by atoms with Gasteiger partial charge in [0.05, 0.1) is 0 Å². The molecule has 0 aromatic carbocycles. The maximum Gasteiger partial charge on any atom is 0.326 e. The van der Waals surface area contributed by atoms with Crippen molar-refractivity contribution in [2.75, 3.05) is 6.54 Å². The van der Waals surface area contributed by atoms with Gasteiger partial charge in [0.25, 0.3) is 0 Å². The van der Waals surface area contributed by atoms with Crippen LogP contribution < -0.4 is 5.32 Å². The lowest BCUT2D eigenvalue weighted by atomic mass is 9.84. The van der Waals surface area contributed by atoms with Crippen LogP contribution in [0.4, 0.5) is 4.79 Å². The summed E-state index contributed by atoms with van der Waals surface area (Å²) in [4.78, 5) is 25.8. The van der Waals surface area contributed by atoms with Crippen molar-refractivity contribution < 1.29 is 14.7 Å². The summed E-state index contributed by atoms with van der Waals surface area (Å²) in [6.07, 6.45) is 9.47. The zero-order valence-electron chi connectivity index (χ0n) is 13.0. The summed E-state index contributed by atoms with van der Waals surface area (Å²) < 4.78 is 0. The number of carbonyl (C=O) groups excluding carboxylic acids is 1. The number of aliphatic carboxylic acids is 1. The molecule has 2 amide bonds. The normalized spacial score (nSPS) is 26.0. The molecule has 1 aliphatic heterocycles. The zero-order valence-corrected chi connectivity index (χ0v) is 13.0. The number of carboxylic acids is 1. The molecule has 2 unspecified atom stereocenters. The van der Waals surface area contributed by atoms with Crippen molar-refractivity contribution in [1.29, 1.82) is 0 Å². The number of hydrogen-bond acceptors (Lipinski definition) is 2. The molecule has 0 aromatic rings. The number of nitrogens with zero attached hydrogens (tertiary/aromatic N) is 1. The maximum absolute atomic E-state index is 12.5. The van der Waals surface area contributed by atoms with Gasteiger partial charge in [-0.05, 0) is 38.5 Å². The number of nitrogens with one attached hydrogen (secondary N) is 1. The molecule has 5 heteroatoms. The van der Waals surface area contributed by atoms with Gasteiger partial charge in [0, 0.05) is 12.6 Å². The molecule has 2 rings (SSSR count). The lowest BCUT2D eigenvalue weighted by Gasteiger charge is -2.32. The molecule has 0 radical (unpaired) electrons. The van der Waals surface area contributed by atoms with Gasteiger partial charge in [-0.1, -0.05) is 32.1 Å². The molecule has 1 saturated carbocycles. The second kappa shape index (κ2) is 7.66. The Hall–Kier alpha value is -1.26. The maximum atomic E-state index is 12.5. The van der Waals surface area contributed by atoms with Gasteiger partial charge in [0.2, 0.25) is 0 Å². The van der Waals surface area contributed by atoms with E-state index in [2.05, 4.69) is 12.2 Å². The van der Waals surface area contributed by atoms with E-state index in [-0.39, 0.29) is 18.0 Å². The van der Waals surface area contributed by atoms with E-state index in [1.807, 2.05) is 4.90 Å². The van der Waals surface area contributed by atoms with Gasteiger partial charge >= 0.3 is 12.0 Å². The van der Waals surface area contributed by atoms with Crippen LogP contribution in [-0.4, -0.2) is 40.6 Å². The summed E-state index contributed by atoms with van der Waals surface area (Å²) in [5.74, 6) is -0.805. The van der Waals surface area contributed by atoms with Crippen molar-refractivity contribution in [2.24, 2.45) is 5.92 Å². The highest BCUT2D eigenvalue weighted by atomic mass is 16.4. The van der Waals surface area contributed by atoms with Gasteiger partial charge in [-0.15, -0.1) is 0 Å². The average molecular weight is 296 g/mol. The van der Waals surface area contributed by atoms with Crippen molar-refractivity contribution in [3.05, 3.63) is 0 Å². The fourth-order valence-electron chi connectivity index (χ4n) is 3.64. The number of rotatable bonds is 3. The van der Waals surface area contributed by atoms with Crippen molar-refractivity contribution in [1.82, 2.24) is 10.2 Å². The molecule has 1 aliphatic carbocycles. The average Bonchev–Trinajstić information content (AvgIpc) is 2.69. The van der Waals surface area contributed by atoms with Crippen LogP contribution in [0.1, 0.15) is 64.7 Å². The summed E-state index contributed by atoms with van der Waals surface area (Å²) in [5.41, 5.74) is 0. The number of likely N-dealkylation sites (tertiary alicyclic amines) is 1. The van der Waals surface area contributed by atoms with Crippen molar-refractivity contribution >= 4 is 12.0 Å². The topological polar surface area (TPSA) is 69.6 Å². The van der Waals surface area contributed by atoms with Crippen LogP contribution >= 0.6 is 0 Å². The summed E-state index contributed by atoms with van der Waals surface area (Å²) in [7, 11) is 0. The molecule has 2 atom stereocenters. The second-order valence-electron chi connectivity index (χ2n) is 6.56. The molecule has 21 heavy (non-hydrogen) atoms. The minimum Gasteiger partial charge on any atom is -0.480 e. The molecule has 120 valence electrons. The number of amides is 2.